The van der Waals surface area contributed by atoms with Gasteiger partial charge in [0.05, 0.1) is 31.7 Å². The van der Waals surface area contributed by atoms with Crippen LogP contribution in [0.2, 0.25) is 5.02 Å². The number of benzene rings is 3. The number of phenols is 2. The first kappa shape index (κ1) is 25.8. The maximum absolute atomic E-state index is 13.5. The number of carbonyl (C=O) groups is 2. The minimum Gasteiger partial charge on any atom is -0.508 e. The van der Waals surface area contributed by atoms with Gasteiger partial charge >= 0.3 is 5.97 Å². The maximum Gasteiger partial charge on any atom is 0.306 e. The highest BCUT2D eigenvalue weighted by atomic mass is 35.5. The van der Waals surface area contributed by atoms with Gasteiger partial charge in [-0.25, -0.2) is 0 Å². The summed E-state index contributed by atoms with van der Waals surface area (Å²) < 4.78 is 11.5. The third-order valence-electron chi connectivity index (χ3n) is 6.33. The number of ketones is 1. The summed E-state index contributed by atoms with van der Waals surface area (Å²) >= 11 is 5.92. The van der Waals surface area contributed by atoms with Crippen LogP contribution in [0.4, 0.5) is 0 Å². The molecule has 4 rings (SSSR count). The summed E-state index contributed by atoms with van der Waals surface area (Å²) in [7, 11) is 4.29. The number of carbonyl (C=O) groups excluding carboxylic acids is 2. The van der Waals surface area contributed by atoms with Crippen LogP contribution in [0.1, 0.15) is 39.4 Å². The fraction of sp³-hybridized carbons (Fsp3) is 0.179. The number of methoxy groups -OCH3 is 2. The minimum atomic E-state index is -1.12. The number of ether oxygens (including phenoxy) is 2. The lowest BCUT2D eigenvalue weighted by Gasteiger charge is -2.21. The second kappa shape index (κ2) is 10.4. The Kier molecular flexibility index (Phi) is 7.22. The number of phenolic OH excluding ortho intramolecular Hbond substituents is 2. The van der Waals surface area contributed by atoms with Crippen molar-refractivity contribution in [3.8, 4) is 17.2 Å². The molecule has 0 saturated carbocycles. The lowest BCUT2D eigenvalue weighted by atomic mass is 9.85. The molecule has 0 aliphatic rings. The van der Waals surface area contributed by atoms with Crippen molar-refractivity contribution in [1.82, 2.24) is 4.57 Å². The standard InChI is InChI=1S/C28H24ClNO7/c1-30-22-13-18(36-2)9-6-16(22)12-21(28(30)35)20(14-24(32)37-3)25-23(31)11-10-19(27(25)34)26(33)15-4-7-17(29)8-5-15/h4-13,20,31,34H,14H2,1-3H3/t20-/m1/s1. The Hall–Kier alpha value is -4.30. The molecule has 0 radical (unpaired) electrons. The number of fused-ring (bicyclic) bond motifs is 1. The molecule has 2 N–H and O–H groups in total. The van der Waals surface area contributed by atoms with E-state index in [1.807, 2.05) is 0 Å². The van der Waals surface area contributed by atoms with Crippen molar-refractivity contribution in [2.75, 3.05) is 14.2 Å². The van der Waals surface area contributed by atoms with Crippen molar-refractivity contribution in [3.63, 3.8) is 0 Å². The molecule has 4 aromatic rings. The average molecular weight is 522 g/mol. The van der Waals surface area contributed by atoms with Gasteiger partial charge in [0.25, 0.3) is 5.56 Å². The molecule has 1 heterocycles. The Bertz CT molecular complexity index is 1570. The van der Waals surface area contributed by atoms with E-state index in [1.54, 1.807) is 43.4 Å². The quantitative estimate of drug-likeness (QED) is 0.271. The molecule has 0 amide bonds. The number of aromatic nitrogens is 1. The number of pyridine rings is 1. The highest BCUT2D eigenvalue weighted by molar-refractivity contribution is 6.30. The lowest BCUT2D eigenvalue weighted by Crippen LogP contribution is -2.25. The van der Waals surface area contributed by atoms with Crippen LogP contribution in [0.25, 0.3) is 10.9 Å². The van der Waals surface area contributed by atoms with Crippen LogP contribution in [0.5, 0.6) is 17.2 Å². The van der Waals surface area contributed by atoms with Crippen molar-refractivity contribution in [2.24, 2.45) is 7.05 Å². The topological polar surface area (TPSA) is 115 Å². The van der Waals surface area contributed by atoms with E-state index < -0.39 is 29.0 Å². The number of rotatable bonds is 7. The molecule has 0 bridgehead atoms. The number of halogens is 1. The molecule has 1 atom stereocenters. The van der Waals surface area contributed by atoms with Crippen LogP contribution in [0.3, 0.4) is 0 Å². The van der Waals surface area contributed by atoms with Gasteiger partial charge in [-0.2, -0.15) is 0 Å². The fourth-order valence-electron chi connectivity index (χ4n) is 4.34. The van der Waals surface area contributed by atoms with E-state index in [4.69, 9.17) is 21.1 Å². The van der Waals surface area contributed by atoms with E-state index >= 15 is 0 Å². The van der Waals surface area contributed by atoms with Crippen molar-refractivity contribution >= 4 is 34.3 Å². The summed E-state index contributed by atoms with van der Waals surface area (Å²) in [5.74, 6) is -2.66. The zero-order chi connectivity index (χ0) is 26.9. The van der Waals surface area contributed by atoms with Gasteiger partial charge < -0.3 is 24.3 Å². The first-order valence-electron chi connectivity index (χ1n) is 11.3. The van der Waals surface area contributed by atoms with Crippen molar-refractivity contribution < 1.29 is 29.3 Å². The van der Waals surface area contributed by atoms with Gasteiger partial charge in [-0.1, -0.05) is 11.6 Å². The van der Waals surface area contributed by atoms with Crippen molar-refractivity contribution in [2.45, 2.75) is 12.3 Å². The monoisotopic (exact) mass is 521 g/mol. The Morgan fingerprint density at radius 3 is 2.35 bits per heavy atom. The van der Waals surface area contributed by atoms with Gasteiger partial charge in [0.15, 0.2) is 5.78 Å². The molecule has 0 aliphatic carbocycles. The van der Waals surface area contributed by atoms with Crippen molar-refractivity contribution in [3.05, 3.63) is 98.3 Å². The predicted molar refractivity (Wildman–Crippen MR) is 139 cm³/mol. The predicted octanol–water partition coefficient (Wildman–Crippen LogP) is 4.54. The second-order valence-electron chi connectivity index (χ2n) is 8.45. The summed E-state index contributed by atoms with van der Waals surface area (Å²) in [5, 5.41) is 23.1. The zero-order valence-electron chi connectivity index (χ0n) is 20.3. The van der Waals surface area contributed by atoms with E-state index in [9.17, 15) is 24.6 Å². The highest BCUT2D eigenvalue weighted by Crippen LogP contribution is 2.42. The van der Waals surface area contributed by atoms with Gasteiger partial charge in [-0.15, -0.1) is 0 Å². The second-order valence-corrected chi connectivity index (χ2v) is 8.89. The smallest absolute Gasteiger partial charge is 0.306 e. The van der Waals surface area contributed by atoms with Gasteiger partial charge in [-0.05, 0) is 60.0 Å². The van der Waals surface area contributed by atoms with E-state index in [2.05, 4.69) is 0 Å². The van der Waals surface area contributed by atoms with E-state index in [-0.39, 0.29) is 34.4 Å². The molecule has 0 aliphatic heterocycles. The summed E-state index contributed by atoms with van der Waals surface area (Å²) in [6.45, 7) is 0. The molecule has 0 unspecified atom stereocenters. The van der Waals surface area contributed by atoms with E-state index in [0.29, 0.717) is 21.7 Å². The van der Waals surface area contributed by atoms with Crippen LogP contribution in [0.15, 0.2) is 65.5 Å². The fourth-order valence-corrected chi connectivity index (χ4v) is 4.47. The normalized spacial score (nSPS) is 11.8. The van der Waals surface area contributed by atoms with Crippen molar-refractivity contribution in [1.29, 1.82) is 0 Å². The first-order valence-corrected chi connectivity index (χ1v) is 11.6. The Morgan fingerprint density at radius 1 is 1.00 bits per heavy atom. The molecule has 0 saturated heterocycles. The Balaban J connectivity index is 1.94. The van der Waals surface area contributed by atoms with Crippen LogP contribution in [0, 0.1) is 0 Å². The largest absolute Gasteiger partial charge is 0.508 e. The summed E-state index contributed by atoms with van der Waals surface area (Å²) in [6, 6.07) is 15.4. The summed E-state index contributed by atoms with van der Waals surface area (Å²) in [6.07, 6.45) is -0.368. The Morgan fingerprint density at radius 2 is 1.70 bits per heavy atom. The number of hydrogen-bond acceptors (Lipinski definition) is 7. The van der Waals surface area contributed by atoms with Crippen LogP contribution < -0.4 is 10.3 Å². The van der Waals surface area contributed by atoms with E-state index in [0.717, 1.165) is 0 Å². The molecule has 1 aromatic heterocycles. The highest BCUT2D eigenvalue weighted by Gasteiger charge is 2.30. The minimum absolute atomic E-state index is 0.104. The third kappa shape index (κ3) is 4.88. The molecule has 190 valence electrons. The van der Waals surface area contributed by atoms with Crippen LogP contribution >= 0.6 is 11.6 Å². The molecule has 8 nitrogen and oxygen atoms in total. The number of aryl methyl sites for hydroxylation is 1. The molecular weight excluding hydrogens is 498 g/mol. The lowest BCUT2D eigenvalue weighted by molar-refractivity contribution is -0.140. The Labute approximate surface area is 217 Å². The van der Waals surface area contributed by atoms with Gasteiger partial charge in [0.2, 0.25) is 0 Å². The average Bonchev–Trinajstić information content (AvgIpc) is 2.90. The molecule has 3 aromatic carbocycles. The van der Waals surface area contributed by atoms with Gasteiger partial charge in [-0.3, -0.25) is 14.4 Å². The molecule has 37 heavy (non-hydrogen) atoms. The SMILES string of the molecule is COC(=O)C[C@@H](c1c(O)ccc(C(=O)c2ccc(Cl)cc2)c1O)c1cc2ccc(OC)cc2n(C)c1=O. The third-order valence-corrected chi connectivity index (χ3v) is 6.58. The number of hydrogen-bond donors (Lipinski definition) is 2. The molecule has 0 spiro atoms. The zero-order valence-corrected chi connectivity index (χ0v) is 21.1. The number of nitrogens with zero attached hydrogens (tertiary/aromatic N) is 1. The number of esters is 1. The van der Waals surface area contributed by atoms with Crippen LogP contribution in [-0.4, -0.2) is 40.8 Å². The van der Waals surface area contributed by atoms with Gasteiger partial charge in [0.1, 0.15) is 17.2 Å². The van der Waals surface area contributed by atoms with Crippen LogP contribution in [-0.2, 0) is 16.6 Å². The summed E-state index contributed by atoms with van der Waals surface area (Å²) in [4.78, 5) is 39.1. The molecule has 9 heteroatoms. The van der Waals surface area contributed by atoms with Gasteiger partial charge in [0, 0.05) is 40.7 Å². The first-order chi connectivity index (χ1) is 17.7. The molecule has 0 fully saturated rings. The summed E-state index contributed by atoms with van der Waals surface area (Å²) in [5.41, 5.74) is 0.291. The maximum atomic E-state index is 13.5. The molecular formula is C28H24ClNO7. The van der Waals surface area contributed by atoms with E-state index in [1.165, 1.54) is 43.1 Å². The number of aromatic hydroxyl groups is 2.